The van der Waals surface area contributed by atoms with Crippen LogP contribution in [0.4, 0.5) is 0 Å². The summed E-state index contributed by atoms with van der Waals surface area (Å²) in [6.07, 6.45) is 7.58. The van der Waals surface area contributed by atoms with Crippen LogP contribution in [0.2, 0.25) is 0 Å². The summed E-state index contributed by atoms with van der Waals surface area (Å²) < 4.78 is 0. The van der Waals surface area contributed by atoms with Gasteiger partial charge in [0.2, 0.25) is 0 Å². The largest absolute Gasteiger partial charge is 0.393 e. The van der Waals surface area contributed by atoms with Crippen LogP contribution in [-0.2, 0) is 0 Å². The van der Waals surface area contributed by atoms with Gasteiger partial charge in [0.05, 0.1) is 11.7 Å². The van der Waals surface area contributed by atoms with E-state index in [4.69, 9.17) is 0 Å². The van der Waals surface area contributed by atoms with Gasteiger partial charge in [0.1, 0.15) is 0 Å². The fraction of sp³-hybridized carbons (Fsp3) is 0.846. The van der Waals surface area contributed by atoms with Gasteiger partial charge in [-0.3, -0.25) is 0 Å². The molecule has 0 aliphatic heterocycles. The zero-order chi connectivity index (χ0) is 10.7. The molecule has 0 aromatic carbocycles. The second kappa shape index (κ2) is 2.86. The molecule has 0 amide bonds. The zero-order valence-corrected chi connectivity index (χ0v) is 9.37. The first-order valence-corrected chi connectivity index (χ1v) is 6.15. The van der Waals surface area contributed by atoms with Crippen molar-refractivity contribution in [1.82, 2.24) is 0 Å². The molecule has 2 N–H and O–H groups in total. The summed E-state index contributed by atoms with van der Waals surface area (Å²) >= 11 is 0. The number of hydrogen-bond donors (Lipinski definition) is 2. The lowest BCUT2D eigenvalue weighted by Gasteiger charge is -2.59. The molecule has 2 heteroatoms. The van der Waals surface area contributed by atoms with Crippen molar-refractivity contribution in [2.45, 2.75) is 57.2 Å². The maximum absolute atomic E-state index is 10.7. The molecular weight excluding hydrogens is 188 g/mol. The number of fused-ring (bicyclic) bond motifs is 3. The molecule has 3 aliphatic carbocycles. The van der Waals surface area contributed by atoms with Crippen LogP contribution in [0, 0.1) is 11.3 Å². The van der Waals surface area contributed by atoms with Gasteiger partial charge in [0.25, 0.3) is 0 Å². The van der Waals surface area contributed by atoms with Crippen molar-refractivity contribution in [2.24, 2.45) is 11.3 Å². The third kappa shape index (κ3) is 1.12. The van der Waals surface area contributed by atoms with Gasteiger partial charge in [0, 0.05) is 11.8 Å². The number of aliphatic hydroxyl groups excluding tert-OH is 1. The quantitative estimate of drug-likeness (QED) is 0.598. The number of hydrogen-bond acceptors (Lipinski definition) is 2. The molecule has 0 aromatic heterocycles. The molecule has 0 radical (unpaired) electrons. The Balaban J connectivity index is 1.99. The Hall–Kier alpha value is -0.340. The highest BCUT2D eigenvalue weighted by Crippen LogP contribution is 2.61. The Morgan fingerprint density at radius 2 is 2.20 bits per heavy atom. The van der Waals surface area contributed by atoms with Gasteiger partial charge in [-0.1, -0.05) is 18.6 Å². The SMILES string of the molecule is C[C@]12CC[C@H](O)C[C@]1(O)CC=C1CCC12. The highest BCUT2D eigenvalue weighted by atomic mass is 16.3. The average Bonchev–Trinajstić information content (AvgIpc) is 2.09. The maximum atomic E-state index is 10.7. The second-order valence-corrected chi connectivity index (χ2v) is 5.92. The highest BCUT2D eigenvalue weighted by Gasteiger charge is 2.58. The predicted molar refractivity (Wildman–Crippen MR) is 58.3 cm³/mol. The van der Waals surface area contributed by atoms with Crippen LogP contribution in [0.1, 0.15) is 45.4 Å². The van der Waals surface area contributed by atoms with E-state index in [9.17, 15) is 10.2 Å². The Morgan fingerprint density at radius 3 is 2.87 bits per heavy atom. The van der Waals surface area contributed by atoms with E-state index in [0.29, 0.717) is 12.3 Å². The van der Waals surface area contributed by atoms with Crippen LogP contribution in [0.5, 0.6) is 0 Å². The van der Waals surface area contributed by atoms with Crippen LogP contribution in [0.3, 0.4) is 0 Å². The number of allylic oxidation sites excluding steroid dienone is 1. The van der Waals surface area contributed by atoms with Crippen LogP contribution in [0.25, 0.3) is 0 Å². The van der Waals surface area contributed by atoms with Crippen molar-refractivity contribution < 1.29 is 10.2 Å². The molecule has 15 heavy (non-hydrogen) atoms. The van der Waals surface area contributed by atoms with Crippen LogP contribution in [0.15, 0.2) is 11.6 Å². The van der Waals surface area contributed by atoms with E-state index in [0.717, 1.165) is 19.3 Å². The van der Waals surface area contributed by atoms with Gasteiger partial charge < -0.3 is 10.2 Å². The first kappa shape index (κ1) is 9.86. The molecule has 84 valence electrons. The molecule has 0 aromatic rings. The van der Waals surface area contributed by atoms with Crippen molar-refractivity contribution >= 4 is 0 Å². The fourth-order valence-corrected chi connectivity index (χ4v) is 3.97. The van der Waals surface area contributed by atoms with Crippen LogP contribution in [-0.4, -0.2) is 21.9 Å². The third-order valence-corrected chi connectivity index (χ3v) is 5.27. The fourth-order valence-electron chi connectivity index (χ4n) is 3.97. The smallest absolute Gasteiger partial charge is 0.0765 e. The molecule has 3 aliphatic rings. The van der Waals surface area contributed by atoms with Gasteiger partial charge in [-0.05, 0) is 38.0 Å². The van der Waals surface area contributed by atoms with E-state index in [1.54, 1.807) is 5.57 Å². The molecule has 0 heterocycles. The normalized spacial score (nSPS) is 53.7. The molecule has 1 unspecified atom stereocenters. The van der Waals surface area contributed by atoms with Crippen molar-refractivity contribution in [2.75, 3.05) is 0 Å². The molecule has 2 saturated carbocycles. The summed E-state index contributed by atoms with van der Waals surface area (Å²) in [5.74, 6) is 0.601. The molecular formula is C13H20O2. The van der Waals surface area contributed by atoms with E-state index >= 15 is 0 Å². The van der Waals surface area contributed by atoms with E-state index in [2.05, 4.69) is 13.0 Å². The van der Waals surface area contributed by atoms with Gasteiger partial charge in [-0.15, -0.1) is 0 Å². The minimum atomic E-state index is -0.640. The minimum Gasteiger partial charge on any atom is -0.393 e. The monoisotopic (exact) mass is 208 g/mol. The lowest BCUT2D eigenvalue weighted by molar-refractivity contribution is -0.167. The summed E-state index contributed by atoms with van der Waals surface area (Å²) in [6.45, 7) is 2.23. The molecule has 0 bridgehead atoms. The highest BCUT2D eigenvalue weighted by molar-refractivity contribution is 5.28. The molecule has 0 spiro atoms. The van der Waals surface area contributed by atoms with E-state index in [1.807, 2.05) is 0 Å². The minimum absolute atomic E-state index is 0.0363. The van der Waals surface area contributed by atoms with Gasteiger partial charge in [0.15, 0.2) is 0 Å². The lowest BCUT2D eigenvalue weighted by atomic mass is 9.48. The lowest BCUT2D eigenvalue weighted by Crippen LogP contribution is -2.59. The topological polar surface area (TPSA) is 40.5 Å². The standard InChI is InChI=1S/C13H20O2/c1-12-6-5-10(14)8-13(12,15)7-4-9-2-3-11(9)12/h4,10-11,14-15H,2-3,5-8H2,1H3/t10-,11?,12+,13+/m0/s1. The van der Waals surface area contributed by atoms with Gasteiger partial charge in [-0.25, -0.2) is 0 Å². The summed E-state index contributed by atoms with van der Waals surface area (Å²) in [5, 5.41) is 20.5. The summed E-state index contributed by atoms with van der Waals surface area (Å²) in [6, 6.07) is 0. The summed E-state index contributed by atoms with van der Waals surface area (Å²) in [7, 11) is 0. The molecule has 3 rings (SSSR count). The summed E-state index contributed by atoms with van der Waals surface area (Å²) in [5.41, 5.74) is 0.965. The number of rotatable bonds is 0. The Kier molecular flexibility index (Phi) is 1.88. The van der Waals surface area contributed by atoms with Crippen molar-refractivity contribution in [3.8, 4) is 0 Å². The first-order chi connectivity index (χ1) is 7.05. The third-order valence-electron chi connectivity index (χ3n) is 5.27. The number of aliphatic hydroxyl groups is 2. The van der Waals surface area contributed by atoms with E-state index in [-0.39, 0.29) is 11.5 Å². The van der Waals surface area contributed by atoms with Crippen LogP contribution < -0.4 is 0 Å². The first-order valence-electron chi connectivity index (χ1n) is 6.15. The Morgan fingerprint density at radius 1 is 1.40 bits per heavy atom. The van der Waals surface area contributed by atoms with E-state index < -0.39 is 5.60 Å². The van der Waals surface area contributed by atoms with Crippen molar-refractivity contribution in [3.63, 3.8) is 0 Å². The molecule has 0 saturated heterocycles. The predicted octanol–water partition coefficient (Wildman–Crippen LogP) is 2.01. The molecule has 2 nitrogen and oxygen atoms in total. The van der Waals surface area contributed by atoms with Crippen molar-refractivity contribution in [1.29, 1.82) is 0 Å². The van der Waals surface area contributed by atoms with E-state index in [1.165, 1.54) is 12.8 Å². The second-order valence-electron chi connectivity index (χ2n) is 5.92. The zero-order valence-electron chi connectivity index (χ0n) is 9.37. The van der Waals surface area contributed by atoms with Crippen molar-refractivity contribution in [3.05, 3.63) is 11.6 Å². The van der Waals surface area contributed by atoms with Gasteiger partial charge >= 0.3 is 0 Å². The molecule has 4 atom stereocenters. The maximum Gasteiger partial charge on any atom is 0.0765 e. The van der Waals surface area contributed by atoms with Crippen LogP contribution >= 0.6 is 0 Å². The Labute approximate surface area is 91.0 Å². The Bertz CT molecular complexity index is 322. The molecule has 2 fully saturated rings. The van der Waals surface area contributed by atoms with Gasteiger partial charge in [-0.2, -0.15) is 0 Å². The summed E-state index contributed by atoms with van der Waals surface area (Å²) in [4.78, 5) is 0. The average molecular weight is 208 g/mol.